The van der Waals surface area contributed by atoms with Crippen molar-refractivity contribution in [1.82, 2.24) is 4.98 Å². The number of carbonyl (C=O) groups excluding carboxylic acids is 1. The molecule has 1 aromatic rings. The molecule has 0 amide bonds. The number of hydrogen-bond donors (Lipinski definition) is 4. The molecule has 15 heavy (non-hydrogen) atoms. The Morgan fingerprint density at radius 1 is 1.47 bits per heavy atom. The first-order chi connectivity index (χ1) is 7.02. The maximum absolute atomic E-state index is 11.9. The van der Waals surface area contributed by atoms with E-state index in [2.05, 4.69) is 4.98 Å². The van der Waals surface area contributed by atoms with E-state index in [9.17, 15) is 15.0 Å². The van der Waals surface area contributed by atoms with Crippen LogP contribution < -0.4 is 5.73 Å². The van der Waals surface area contributed by atoms with Gasteiger partial charge in [0.15, 0.2) is 11.7 Å². The predicted molar refractivity (Wildman–Crippen MR) is 53.9 cm³/mol. The van der Waals surface area contributed by atoms with Gasteiger partial charge < -0.3 is 15.9 Å². The largest absolute Gasteiger partial charge is 0.494 e. The average molecular weight is 210 g/mol. The molecule has 5 heteroatoms. The number of nitrogens with two attached hydrogens (primary N) is 1. The van der Waals surface area contributed by atoms with E-state index in [4.69, 9.17) is 5.73 Å². The van der Waals surface area contributed by atoms with Gasteiger partial charge >= 0.3 is 0 Å². The molecular weight excluding hydrogens is 196 g/mol. The van der Waals surface area contributed by atoms with Gasteiger partial charge in [-0.1, -0.05) is 0 Å². The number of rotatable bonds is 3. The van der Waals surface area contributed by atoms with E-state index in [1.807, 2.05) is 0 Å². The van der Waals surface area contributed by atoms with Gasteiger partial charge in [-0.15, -0.1) is 0 Å². The van der Waals surface area contributed by atoms with Gasteiger partial charge in [-0.2, -0.15) is 0 Å². The summed E-state index contributed by atoms with van der Waals surface area (Å²) in [7, 11) is 0. The smallest absolute Gasteiger partial charge is 0.202 e. The quantitative estimate of drug-likeness (QED) is 0.550. The second-order valence-corrected chi connectivity index (χ2v) is 4.05. The minimum absolute atomic E-state index is 0.117. The highest BCUT2D eigenvalue weighted by atomic mass is 16.3. The lowest BCUT2D eigenvalue weighted by Crippen LogP contribution is -2.32. The number of H-pyrrole nitrogens is 1. The third-order valence-corrected chi connectivity index (χ3v) is 2.88. The molecule has 5 nitrogen and oxygen atoms in total. The van der Waals surface area contributed by atoms with Gasteiger partial charge in [0.2, 0.25) is 5.88 Å². The van der Waals surface area contributed by atoms with E-state index in [0.717, 1.165) is 12.8 Å². The van der Waals surface area contributed by atoms with Crippen LogP contribution >= 0.6 is 0 Å². The summed E-state index contributed by atoms with van der Waals surface area (Å²) in [4.78, 5) is 14.2. The summed E-state index contributed by atoms with van der Waals surface area (Å²) in [6.07, 6.45) is 1.92. The molecule has 1 heterocycles. The maximum atomic E-state index is 11.9. The van der Waals surface area contributed by atoms with Crippen LogP contribution in [0.3, 0.4) is 0 Å². The number of aromatic nitrogens is 1. The summed E-state index contributed by atoms with van der Waals surface area (Å²) in [6.45, 7) is 1.57. The predicted octanol–water partition coefficient (Wildman–Crippen LogP) is 0.654. The standard InChI is InChI=1S/C10H14N2O3/c1-4-6(10(15)12-9(4)14)8(13)7(11)5-2-3-5/h5,7,12,14-15H,2-3,11H2,1H3. The summed E-state index contributed by atoms with van der Waals surface area (Å²) in [5.41, 5.74) is 6.22. The summed E-state index contributed by atoms with van der Waals surface area (Å²) in [5, 5.41) is 18.7. The number of carbonyl (C=O) groups is 1. The van der Waals surface area contributed by atoms with Crippen molar-refractivity contribution in [3.63, 3.8) is 0 Å². The first-order valence-electron chi connectivity index (χ1n) is 4.92. The highest BCUT2D eigenvalue weighted by Gasteiger charge is 2.36. The Morgan fingerprint density at radius 2 is 2.07 bits per heavy atom. The summed E-state index contributed by atoms with van der Waals surface area (Å²) >= 11 is 0. The molecule has 0 aliphatic heterocycles. The normalized spacial score (nSPS) is 17.7. The van der Waals surface area contributed by atoms with E-state index < -0.39 is 6.04 Å². The van der Waals surface area contributed by atoms with Crippen LogP contribution in [0.1, 0.15) is 28.8 Å². The number of Topliss-reactive ketones (excluding diaryl/α,β-unsaturated/α-hetero) is 1. The van der Waals surface area contributed by atoms with Crippen molar-refractivity contribution in [3.05, 3.63) is 11.1 Å². The monoisotopic (exact) mass is 210 g/mol. The van der Waals surface area contributed by atoms with Gasteiger partial charge in [0.1, 0.15) is 0 Å². The van der Waals surface area contributed by atoms with Crippen LogP contribution in [0.4, 0.5) is 0 Å². The highest BCUT2D eigenvalue weighted by Crippen LogP contribution is 2.36. The van der Waals surface area contributed by atoms with Gasteiger partial charge in [-0.05, 0) is 25.7 Å². The lowest BCUT2D eigenvalue weighted by atomic mass is 10.0. The summed E-state index contributed by atoms with van der Waals surface area (Å²) in [5.74, 6) is -0.553. The van der Waals surface area contributed by atoms with Crippen molar-refractivity contribution < 1.29 is 15.0 Å². The van der Waals surface area contributed by atoms with Crippen molar-refractivity contribution in [3.8, 4) is 11.8 Å². The van der Waals surface area contributed by atoms with Gasteiger partial charge in [-0.3, -0.25) is 9.78 Å². The molecule has 82 valence electrons. The molecule has 1 unspecified atom stereocenters. The molecule has 1 aliphatic rings. The van der Waals surface area contributed by atoms with E-state index >= 15 is 0 Å². The minimum Gasteiger partial charge on any atom is -0.494 e. The Kier molecular flexibility index (Phi) is 2.19. The molecule has 0 spiro atoms. The lowest BCUT2D eigenvalue weighted by Gasteiger charge is -2.08. The molecule has 0 bridgehead atoms. The molecule has 1 saturated carbocycles. The SMILES string of the molecule is Cc1c(O)[nH]c(O)c1C(=O)C(N)C1CC1. The molecule has 5 N–H and O–H groups in total. The zero-order chi connectivity index (χ0) is 11.2. The molecule has 0 radical (unpaired) electrons. The molecule has 1 atom stereocenters. The first kappa shape index (κ1) is 10.0. The third kappa shape index (κ3) is 1.59. The fourth-order valence-corrected chi connectivity index (χ4v) is 1.70. The molecule has 1 fully saturated rings. The molecule has 0 aromatic carbocycles. The molecule has 0 saturated heterocycles. The van der Waals surface area contributed by atoms with E-state index in [-0.39, 0.29) is 29.0 Å². The fraction of sp³-hybridized carbons (Fsp3) is 0.500. The number of nitrogens with one attached hydrogen (secondary N) is 1. The Labute approximate surface area is 86.9 Å². The molecule has 2 rings (SSSR count). The Bertz CT molecular complexity index is 407. The van der Waals surface area contributed by atoms with Crippen LogP contribution in [0, 0.1) is 12.8 Å². The first-order valence-corrected chi connectivity index (χ1v) is 4.92. The Morgan fingerprint density at radius 3 is 2.47 bits per heavy atom. The number of aromatic hydroxyl groups is 2. The van der Waals surface area contributed by atoms with E-state index in [1.54, 1.807) is 6.92 Å². The summed E-state index contributed by atoms with van der Waals surface area (Å²) in [6, 6.07) is -0.565. The highest BCUT2D eigenvalue weighted by molar-refractivity contribution is 6.04. The number of aromatic amines is 1. The van der Waals surface area contributed by atoms with Crippen LogP contribution in [0.5, 0.6) is 11.8 Å². The Hall–Kier alpha value is -1.49. The van der Waals surface area contributed by atoms with Crippen LogP contribution in [-0.4, -0.2) is 27.0 Å². The maximum Gasteiger partial charge on any atom is 0.202 e. The topological polar surface area (TPSA) is 99.3 Å². The van der Waals surface area contributed by atoms with Crippen LogP contribution in [-0.2, 0) is 0 Å². The summed E-state index contributed by atoms with van der Waals surface area (Å²) < 4.78 is 0. The molecular formula is C10H14N2O3. The van der Waals surface area contributed by atoms with Crippen molar-refractivity contribution in [2.75, 3.05) is 0 Å². The van der Waals surface area contributed by atoms with Crippen LogP contribution in [0.2, 0.25) is 0 Å². The van der Waals surface area contributed by atoms with Crippen molar-refractivity contribution >= 4 is 5.78 Å². The number of ketones is 1. The zero-order valence-corrected chi connectivity index (χ0v) is 8.45. The van der Waals surface area contributed by atoms with Crippen molar-refractivity contribution in [2.45, 2.75) is 25.8 Å². The van der Waals surface area contributed by atoms with Gasteiger partial charge in [-0.25, -0.2) is 0 Å². The van der Waals surface area contributed by atoms with Crippen molar-refractivity contribution in [2.24, 2.45) is 11.7 Å². The average Bonchev–Trinajstić information content (AvgIpc) is 2.96. The van der Waals surface area contributed by atoms with Crippen LogP contribution in [0.15, 0.2) is 0 Å². The lowest BCUT2D eigenvalue weighted by molar-refractivity contribution is 0.0948. The van der Waals surface area contributed by atoms with E-state index in [0.29, 0.717) is 5.56 Å². The second-order valence-electron chi connectivity index (χ2n) is 4.05. The molecule has 1 aliphatic carbocycles. The molecule has 1 aromatic heterocycles. The zero-order valence-electron chi connectivity index (χ0n) is 8.45. The Balaban J connectivity index is 2.31. The second kappa shape index (κ2) is 3.27. The van der Waals surface area contributed by atoms with Gasteiger partial charge in [0.05, 0.1) is 11.6 Å². The third-order valence-electron chi connectivity index (χ3n) is 2.88. The fourth-order valence-electron chi connectivity index (χ4n) is 1.70. The van der Waals surface area contributed by atoms with Gasteiger partial charge in [0.25, 0.3) is 0 Å². The van der Waals surface area contributed by atoms with Gasteiger partial charge in [0, 0.05) is 5.56 Å². The number of hydrogen-bond acceptors (Lipinski definition) is 4. The van der Waals surface area contributed by atoms with E-state index in [1.165, 1.54) is 0 Å². The van der Waals surface area contributed by atoms with Crippen LogP contribution in [0.25, 0.3) is 0 Å². The van der Waals surface area contributed by atoms with Crippen molar-refractivity contribution in [1.29, 1.82) is 0 Å². The minimum atomic E-state index is -0.565.